The number of rotatable bonds is 1. The summed E-state index contributed by atoms with van der Waals surface area (Å²) in [4.78, 5) is 13.7. The van der Waals surface area contributed by atoms with Crippen molar-refractivity contribution in [2.45, 2.75) is 0 Å². The van der Waals surface area contributed by atoms with E-state index in [0.29, 0.717) is 32.1 Å². The average Bonchev–Trinajstić information content (AvgIpc) is 2.51. The van der Waals surface area contributed by atoms with Crippen molar-refractivity contribution in [3.05, 3.63) is 40.9 Å². The molecule has 0 radical (unpaired) electrons. The Morgan fingerprint density at radius 1 is 1.15 bits per heavy atom. The zero-order valence-electron chi connectivity index (χ0n) is 10.8. The maximum Gasteiger partial charge on any atom is 0.415 e. The van der Waals surface area contributed by atoms with Crippen LogP contribution in [0.3, 0.4) is 0 Å². The molecule has 1 aliphatic heterocycles. The Hall–Kier alpha value is -1.59. The number of hydrogen-bond donors (Lipinski definition) is 0. The van der Waals surface area contributed by atoms with E-state index in [1.807, 2.05) is 36.4 Å². The Labute approximate surface area is 125 Å². The van der Waals surface area contributed by atoms with Crippen LogP contribution in [0, 0.1) is 0 Å². The number of benzene rings is 2. The number of carbonyl (C=O) groups excluding carboxylic acids is 1. The lowest BCUT2D eigenvalue weighted by Gasteiger charge is -2.26. The Morgan fingerprint density at radius 2 is 1.90 bits per heavy atom. The van der Waals surface area contributed by atoms with Crippen molar-refractivity contribution < 1.29 is 14.3 Å². The summed E-state index contributed by atoms with van der Waals surface area (Å²) >= 11 is 3.51. The summed E-state index contributed by atoms with van der Waals surface area (Å²) in [6.07, 6.45) is -0.329. The molecule has 2 aromatic rings. The van der Waals surface area contributed by atoms with E-state index in [4.69, 9.17) is 9.47 Å². The van der Waals surface area contributed by atoms with Gasteiger partial charge in [0.05, 0.1) is 17.7 Å². The molecule has 5 heteroatoms. The molecule has 0 aliphatic carbocycles. The number of carbonyl (C=O) groups is 1. The SMILES string of the molecule is O=C(Oc1ccc2ccccc2c1Br)N1CCOCC1. The van der Waals surface area contributed by atoms with Crippen molar-refractivity contribution in [1.29, 1.82) is 0 Å². The van der Waals surface area contributed by atoms with E-state index in [-0.39, 0.29) is 6.09 Å². The third kappa shape index (κ3) is 2.64. The number of fused-ring (bicyclic) bond motifs is 1. The second kappa shape index (κ2) is 5.81. The van der Waals surface area contributed by atoms with Crippen LogP contribution >= 0.6 is 15.9 Å². The average molecular weight is 336 g/mol. The van der Waals surface area contributed by atoms with Gasteiger partial charge in [-0.05, 0) is 32.8 Å². The maximum absolute atomic E-state index is 12.1. The summed E-state index contributed by atoms with van der Waals surface area (Å²) in [5.74, 6) is 0.542. The van der Waals surface area contributed by atoms with Crippen molar-refractivity contribution in [2.75, 3.05) is 26.3 Å². The van der Waals surface area contributed by atoms with E-state index in [1.54, 1.807) is 4.90 Å². The van der Waals surface area contributed by atoms with Crippen LogP contribution < -0.4 is 4.74 Å². The molecule has 104 valence electrons. The van der Waals surface area contributed by atoms with Gasteiger partial charge < -0.3 is 14.4 Å². The fourth-order valence-electron chi connectivity index (χ4n) is 2.20. The molecule has 0 bridgehead atoms. The van der Waals surface area contributed by atoms with Crippen molar-refractivity contribution >= 4 is 32.8 Å². The van der Waals surface area contributed by atoms with E-state index < -0.39 is 0 Å². The topological polar surface area (TPSA) is 38.8 Å². The number of morpholine rings is 1. The Bertz CT molecular complexity index is 638. The lowest BCUT2D eigenvalue weighted by Crippen LogP contribution is -2.42. The lowest BCUT2D eigenvalue weighted by atomic mass is 10.1. The molecular formula is C15H14BrNO3. The van der Waals surface area contributed by atoms with Crippen LogP contribution in [0.4, 0.5) is 4.79 Å². The molecule has 0 unspecified atom stereocenters. The van der Waals surface area contributed by atoms with Gasteiger partial charge >= 0.3 is 6.09 Å². The minimum Gasteiger partial charge on any atom is -0.409 e. The third-order valence-corrected chi connectivity index (χ3v) is 4.11. The summed E-state index contributed by atoms with van der Waals surface area (Å²) in [6.45, 7) is 2.27. The number of amides is 1. The smallest absolute Gasteiger partial charge is 0.409 e. The van der Waals surface area contributed by atoms with E-state index in [9.17, 15) is 4.79 Å². The fourth-order valence-corrected chi connectivity index (χ4v) is 2.77. The quantitative estimate of drug-likeness (QED) is 0.801. The first-order valence-corrected chi connectivity index (χ1v) is 7.27. The van der Waals surface area contributed by atoms with Gasteiger partial charge in [0.2, 0.25) is 0 Å². The van der Waals surface area contributed by atoms with Gasteiger partial charge in [-0.1, -0.05) is 30.3 Å². The minimum absolute atomic E-state index is 0.329. The standard InChI is InChI=1S/C15H14BrNO3/c16-14-12-4-2-1-3-11(12)5-6-13(14)20-15(18)17-7-9-19-10-8-17/h1-6H,7-10H2. The second-order valence-corrected chi connectivity index (χ2v) is 5.36. The molecule has 0 N–H and O–H groups in total. The molecule has 1 amide bonds. The van der Waals surface area contributed by atoms with Crippen LogP contribution in [0.2, 0.25) is 0 Å². The van der Waals surface area contributed by atoms with E-state index in [2.05, 4.69) is 15.9 Å². The summed E-state index contributed by atoms with van der Waals surface area (Å²) < 4.78 is 11.5. The van der Waals surface area contributed by atoms with Crippen LogP contribution in [0.25, 0.3) is 10.8 Å². The van der Waals surface area contributed by atoms with Crippen molar-refractivity contribution in [1.82, 2.24) is 4.90 Å². The molecule has 0 saturated carbocycles. The highest BCUT2D eigenvalue weighted by molar-refractivity contribution is 9.10. The highest BCUT2D eigenvalue weighted by Crippen LogP contribution is 2.33. The first-order valence-electron chi connectivity index (χ1n) is 6.47. The number of hydrogen-bond acceptors (Lipinski definition) is 3. The monoisotopic (exact) mass is 335 g/mol. The van der Waals surface area contributed by atoms with Gasteiger partial charge in [-0.15, -0.1) is 0 Å². The molecule has 1 heterocycles. The predicted molar refractivity (Wildman–Crippen MR) is 80.1 cm³/mol. The number of ether oxygens (including phenoxy) is 2. The zero-order valence-corrected chi connectivity index (χ0v) is 12.4. The summed E-state index contributed by atoms with van der Waals surface area (Å²) in [6, 6.07) is 11.7. The molecule has 0 atom stereocenters. The Kier molecular flexibility index (Phi) is 3.89. The van der Waals surface area contributed by atoms with Crippen LogP contribution in [0.5, 0.6) is 5.75 Å². The maximum atomic E-state index is 12.1. The highest BCUT2D eigenvalue weighted by atomic mass is 79.9. The molecular weight excluding hydrogens is 322 g/mol. The summed E-state index contributed by atoms with van der Waals surface area (Å²) in [5, 5.41) is 2.13. The van der Waals surface area contributed by atoms with Crippen LogP contribution in [0.1, 0.15) is 0 Å². The van der Waals surface area contributed by atoms with Gasteiger partial charge in [0.15, 0.2) is 0 Å². The van der Waals surface area contributed by atoms with Crippen LogP contribution in [-0.4, -0.2) is 37.3 Å². The van der Waals surface area contributed by atoms with Crippen molar-refractivity contribution in [3.8, 4) is 5.75 Å². The zero-order chi connectivity index (χ0) is 13.9. The van der Waals surface area contributed by atoms with Crippen molar-refractivity contribution in [3.63, 3.8) is 0 Å². The first-order chi connectivity index (χ1) is 9.75. The molecule has 4 nitrogen and oxygen atoms in total. The second-order valence-electron chi connectivity index (χ2n) is 4.57. The van der Waals surface area contributed by atoms with Gasteiger partial charge in [-0.25, -0.2) is 4.79 Å². The molecule has 1 saturated heterocycles. The third-order valence-electron chi connectivity index (χ3n) is 3.29. The highest BCUT2D eigenvalue weighted by Gasteiger charge is 2.20. The predicted octanol–water partition coefficient (Wildman–Crippen LogP) is 3.43. The fraction of sp³-hybridized carbons (Fsp3) is 0.267. The first kappa shape index (κ1) is 13.4. The Morgan fingerprint density at radius 3 is 2.70 bits per heavy atom. The molecule has 0 spiro atoms. The largest absolute Gasteiger partial charge is 0.415 e. The van der Waals surface area contributed by atoms with Gasteiger partial charge in [0.25, 0.3) is 0 Å². The molecule has 2 aromatic carbocycles. The van der Waals surface area contributed by atoms with Gasteiger partial charge in [-0.3, -0.25) is 0 Å². The van der Waals surface area contributed by atoms with Gasteiger partial charge in [-0.2, -0.15) is 0 Å². The van der Waals surface area contributed by atoms with Crippen LogP contribution in [0.15, 0.2) is 40.9 Å². The van der Waals surface area contributed by atoms with E-state index in [1.165, 1.54) is 0 Å². The van der Waals surface area contributed by atoms with E-state index in [0.717, 1.165) is 15.2 Å². The summed E-state index contributed by atoms with van der Waals surface area (Å²) in [7, 11) is 0. The number of nitrogens with zero attached hydrogens (tertiary/aromatic N) is 1. The normalized spacial score (nSPS) is 15.3. The van der Waals surface area contributed by atoms with Crippen molar-refractivity contribution in [2.24, 2.45) is 0 Å². The van der Waals surface area contributed by atoms with Gasteiger partial charge in [0, 0.05) is 13.1 Å². The van der Waals surface area contributed by atoms with E-state index >= 15 is 0 Å². The minimum atomic E-state index is -0.329. The molecule has 3 rings (SSSR count). The number of halogens is 1. The lowest BCUT2D eigenvalue weighted by molar-refractivity contribution is 0.0415. The Balaban J connectivity index is 1.83. The molecule has 20 heavy (non-hydrogen) atoms. The van der Waals surface area contributed by atoms with Gasteiger partial charge in [0.1, 0.15) is 5.75 Å². The molecule has 0 aromatic heterocycles. The molecule has 1 fully saturated rings. The molecule has 1 aliphatic rings. The summed E-state index contributed by atoms with van der Waals surface area (Å²) in [5.41, 5.74) is 0. The van der Waals surface area contributed by atoms with Crippen LogP contribution in [-0.2, 0) is 4.74 Å².